The van der Waals surface area contributed by atoms with Gasteiger partial charge in [-0.2, -0.15) is 5.10 Å². The predicted octanol–water partition coefficient (Wildman–Crippen LogP) is 3.12. The molecular formula is C9H5BrF2N2. The van der Waals surface area contributed by atoms with Crippen LogP contribution in [0, 0.1) is 11.6 Å². The molecule has 1 heterocycles. The first-order chi connectivity index (χ1) is 6.68. The molecular weight excluding hydrogens is 254 g/mol. The zero-order chi connectivity index (χ0) is 10.1. The van der Waals surface area contributed by atoms with Crippen LogP contribution in [0.3, 0.4) is 0 Å². The van der Waals surface area contributed by atoms with Crippen LogP contribution in [0.25, 0.3) is 11.3 Å². The third kappa shape index (κ3) is 1.55. The quantitative estimate of drug-likeness (QED) is 0.837. The minimum absolute atomic E-state index is 0.288. The minimum Gasteiger partial charge on any atom is -0.277 e. The summed E-state index contributed by atoms with van der Waals surface area (Å²) in [6, 6.07) is 3.40. The fourth-order valence-electron chi connectivity index (χ4n) is 1.15. The van der Waals surface area contributed by atoms with Crippen LogP contribution in [0.4, 0.5) is 8.78 Å². The smallest absolute Gasteiger partial charge is 0.135 e. The van der Waals surface area contributed by atoms with Crippen molar-refractivity contribution in [3.8, 4) is 11.3 Å². The van der Waals surface area contributed by atoms with E-state index in [0.717, 1.165) is 6.07 Å². The van der Waals surface area contributed by atoms with E-state index >= 15 is 0 Å². The molecule has 0 bridgehead atoms. The van der Waals surface area contributed by atoms with Gasteiger partial charge in [-0.25, -0.2) is 8.78 Å². The number of hydrogen-bond acceptors (Lipinski definition) is 1. The summed E-state index contributed by atoms with van der Waals surface area (Å²) in [5, 5.41) is 6.35. The van der Waals surface area contributed by atoms with E-state index in [0.29, 0.717) is 10.2 Å². The van der Waals surface area contributed by atoms with Gasteiger partial charge in [-0.1, -0.05) is 0 Å². The first-order valence-electron chi connectivity index (χ1n) is 3.83. The first-order valence-corrected chi connectivity index (χ1v) is 4.62. The molecule has 2 aromatic rings. The van der Waals surface area contributed by atoms with Crippen LogP contribution < -0.4 is 0 Å². The molecule has 2 rings (SSSR count). The number of aromatic nitrogens is 2. The Bertz CT molecular complexity index is 468. The molecule has 1 aromatic carbocycles. The molecule has 1 N–H and O–H groups in total. The van der Waals surface area contributed by atoms with Crippen LogP contribution in [0.5, 0.6) is 0 Å². The van der Waals surface area contributed by atoms with E-state index in [9.17, 15) is 8.78 Å². The summed E-state index contributed by atoms with van der Waals surface area (Å²) in [7, 11) is 0. The van der Waals surface area contributed by atoms with Crippen molar-refractivity contribution in [3.05, 3.63) is 40.5 Å². The SMILES string of the molecule is Fc1ccc(-c2[nH]ncc2Br)c(F)c1. The zero-order valence-corrected chi connectivity index (χ0v) is 8.48. The average molecular weight is 259 g/mol. The Morgan fingerprint density at radius 2 is 2.07 bits per heavy atom. The normalized spacial score (nSPS) is 10.5. The lowest BCUT2D eigenvalue weighted by Gasteiger charge is -2.00. The maximum absolute atomic E-state index is 13.3. The molecule has 0 fully saturated rings. The van der Waals surface area contributed by atoms with Crippen LogP contribution in [-0.2, 0) is 0 Å². The van der Waals surface area contributed by atoms with Crippen LogP contribution >= 0.6 is 15.9 Å². The molecule has 0 saturated carbocycles. The van der Waals surface area contributed by atoms with E-state index < -0.39 is 11.6 Å². The standard InChI is InChI=1S/C9H5BrF2N2/c10-7-4-13-14-9(7)6-2-1-5(11)3-8(6)12/h1-4H,(H,13,14). The zero-order valence-electron chi connectivity index (χ0n) is 6.89. The lowest BCUT2D eigenvalue weighted by Crippen LogP contribution is -1.87. The van der Waals surface area contributed by atoms with Gasteiger partial charge in [-0.15, -0.1) is 0 Å². The molecule has 14 heavy (non-hydrogen) atoms. The molecule has 0 saturated heterocycles. The van der Waals surface area contributed by atoms with Gasteiger partial charge in [0.2, 0.25) is 0 Å². The molecule has 0 amide bonds. The third-order valence-electron chi connectivity index (χ3n) is 1.79. The second-order valence-electron chi connectivity index (χ2n) is 2.72. The lowest BCUT2D eigenvalue weighted by atomic mass is 10.1. The highest BCUT2D eigenvalue weighted by Crippen LogP contribution is 2.27. The number of nitrogens with one attached hydrogen (secondary N) is 1. The largest absolute Gasteiger partial charge is 0.277 e. The fraction of sp³-hybridized carbons (Fsp3) is 0. The van der Waals surface area contributed by atoms with Gasteiger partial charge < -0.3 is 0 Å². The van der Waals surface area contributed by atoms with Crippen molar-refractivity contribution in [2.45, 2.75) is 0 Å². The van der Waals surface area contributed by atoms with E-state index in [1.54, 1.807) is 0 Å². The molecule has 0 unspecified atom stereocenters. The van der Waals surface area contributed by atoms with Gasteiger partial charge >= 0.3 is 0 Å². The molecule has 0 aliphatic heterocycles. The highest BCUT2D eigenvalue weighted by Gasteiger charge is 2.10. The van der Waals surface area contributed by atoms with Gasteiger partial charge in [0.1, 0.15) is 11.6 Å². The molecule has 0 radical (unpaired) electrons. The van der Waals surface area contributed by atoms with Crippen molar-refractivity contribution in [3.63, 3.8) is 0 Å². The predicted molar refractivity (Wildman–Crippen MR) is 51.6 cm³/mol. The van der Waals surface area contributed by atoms with E-state index in [-0.39, 0.29) is 5.56 Å². The molecule has 0 atom stereocenters. The summed E-state index contributed by atoms with van der Waals surface area (Å²) in [4.78, 5) is 0. The van der Waals surface area contributed by atoms with Crippen molar-refractivity contribution in [2.24, 2.45) is 0 Å². The number of aromatic amines is 1. The summed E-state index contributed by atoms with van der Waals surface area (Å²) in [5.74, 6) is -1.21. The molecule has 72 valence electrons. The van der Waals surface area contributed by atoms with Crippen LogP contribution in [0.2, 0.25) is 0 Å². The van der Waals surface area contributed by atoms with E-state index in [1.807, 2.05) is 0 Å². The topological polar surface area (TPSA) is 28.7 Å². The van der Waals surface area contributed by atoms with Crippen LogP contribution in [0.15, 0.2) is 28.9 Å². The number of H-pyrrole nitrogens is 1. The fourth-order valence-corrected chi connectivity index (χ4v) is 1.56. The molecule has 0 aliphatic carbocycles. The number of hydrogen-bond donors (Lipinski definition) is 1. The Morgan fingerprint density at radius 1 is 1.29 bits per heavy atom. The van der Waals surface area contributed by atoms with Gasteiger partial charge in [0.05, 0.1) is 16.4 Å². The molecule has 0 aliphatic rings. The van der Waals surface area contributed by atoms with Crippen molar-refractivity contribution in [1.29, 1.82) is 0 Å². The Hall–Kier alpha value is -1.23. The number of halogens is 3. The van der Waals surface area contributed by atoms with Gasteiger partial charge in [-0.05, 0) is 28.1 Å². The Labute approximate surface area is 87.1 Å². The molecule has 5 heteroatoms. The van der Waals surface area contributed by atoms with Crippen molar-refractivity contribution < 1.29 is 8.78 Å². The maximum Gasteiger partial charge on any atom is 0.135 e. The monoisotopic (exact) mass is 258 g/mol. The molecule has 1 aromatic heterocycles. The lowest BCUT2D eigenvalue weighted by molar-refractivity contribution is 0.585. The summed E-state index contributed by atoms with van der Waals surface area (Å²) in [6.45, 7) is 0. The van der Waals surface area contributed by atoms with Gasteiger partial charge in [0, 0.05) is 11.6 Å². The summed E-state index contributed by atoms with van der Waals surface area (Å²) >= 11 is 3.20. The van der Waals surface area contributed by atoms with Gasteiger partial charge in [0.25, 0.3) is 0 Å². The van der Waals surface area contributed by atoms with E-state index in [4.69, 9.17) is 0 Å². The van der Waals surface area contributed by atoms with Gasteiger partial charge in [-0.3, -0.25) is 5.10 Å². The van der Waals surface area contributed by atoms with E-state index in [1.165, 1.54) is 18.3 Å². The van der Waals surface area contributed by atoms with Crippen molar-refractivity contribution in [1.82, 2.24) is 10.2 Å². The number of benzene rings is 1. The Balaban J connectivity index is 2.58. The molecule has 2 nitrogen and oxygen atoms in total. The number of rotatable bonds is 1. The van der Waals surface area contributed by atoms with Crippen LogP contribution in [-0.4, -0.2) is 10.2 Å². The van der Waals surface area contributed by atoms with Crippen molar-refractivity contribution in [2.75, 3.05) is 0 Å². The Morgan fingerprint density at radius 3 is 2.64 bits per heavy atom. The number of nitrogens with zero attached hydrogens (tertiary/aromatic N) is 1. The Kier molecular flexibility index (Phi) is 2.33. The van der Waals surface area contributed by atoms with Crippen molar-refractivity contribution >= 4 is 15.9 Å². The summed E-state index contributed by atoms with van der Waals surface area (Å²) in [6.07, 6.45) is 1.51. The first kappa shape index (κ1) is 9.33. The summed E-state index contributed by atoms with van der Waals surface area (Å²) in [5.41, 5.74) is 0.790. The van der Waals surface area contributed by atoms with E-state index in [2.05, 4.69) is 26.1 Å². The second-order valence-corrected chi connectivity index (χ2v) is 3.57. The second kappa shape index (κ2) is 3.49. The van der Waals surface area contributed by atoms with Crippen LogP contribution in [0.1, 0.15) is 0 Å². The highest BCUT2D eigenvalue weighted by atomic mass is 79.9. The van der Waals surface area contributed by atoms with Gasteiger partial charge in [0.15, 0.2) is 0 Å². The maximum atomic E-state index is 13.3. The summed E-state index contributed by atoms with van der Waals surface area (Å²) < 4.78 is 26.5. The minimum atomic E-state index is -0.616. The molecule has 0 spiro atoms. The highest BCUT2D eigenvalue weighted by molar-refractivity contribution is 9.10. The third-order valence-corrected chi connectivity index (χ3v) is 2.39. The average Bonchev–Trinajstić information content (AvgIpc) is 2.52.